The number of amides is 1. The minimum absolute atomic E-state index is 0.119. The molecule has 0 bridgehead atoms. The number of alkyl halides is 3. The van der Waals surface area contributed by atoms with Gasteiger partial charge in [0.1, 0.15) is 12.3 Å². The number of halogens is 3. The van der Waals surface area contributed by atoms with Crippen molar-refractivity contribution in [3.8, 4) is 17.0 Å². The van der Waals surface area contributed by atoms with E-state index in [2.05, 4.69) is 10.4 Å². The number of nitrogens with one attached hydrogen (secondary N) is 1. The zero-order chi connectivity index (χ0) is 23.6. The molecule has 178 valence electrons. The molecule has 11 heteroatoms. The summed E-state index contributed by atoms with van der Waals surface area (Å²) in [6, 6.07) is 7.86. The van der Waals surface area contributed by atoms with Crippen LogP contribution in [-0.4, -0.2) is 52.7 Å². The quantitative estimate of drug-likeness (QED) is 0.656. The van der Waals surface area contributed by atoms with Crippen LogP contribution in [0.5, 0.6) is 5.75 Å². The van der Waals surface area contributed by atoms with Crippen LogP contribution < -0.4 is 10.3 Å². The molecule has 33 heavy (non-hydrogen) atoms. The molecule has 2 aliphatic rings. The van der Waals surface area contributed by atoms with Gasteiger partial charge in [-0.25, -0.2) is 4.98 Å². The fourth-order valence-electron chi connectivity index (χ4n) is 3.72. The Morgan fingerprint density at radius 2 is 1.97 bits per heavy atom. The van der Waals surface area contributed by atoms with Crippen LogP contribution >= 0.6 is 11.3 Å². The van der Waals surface area contributed by atoms with Crippen LogP contribution in [0.1, 0.15) is 37.6 Å². The maximum atomic E-state index is 12.6. The molecule has 3 heterocycles. The second-order valence-corrected chi connectivity index (χ2v) is 9.12. The summed E-state index contributed by atoms with van der Waals surface area (Å²) < 4.78 is 43.6. The molecule has 1 N–H and O–H groups in total. The first-order valence-corrected chi connectivity index (χ1v) is 11.6. The second-order valence-electron chi connectivity index (χ2n) is 8.23. The largest absolute Gasteiger partial charge is 0.491 e. The lowest BCUT2D eigenvalue weighted by atomic mass is 9.97. The van der Waals surface area contributed by atoms with Crippen molar-refractivity contribution in [2.45, 2.75) is 44.9 Å². The Labute approximate surface area is 193 Å². The molecule has 1 saturated heterocycles. The molecule has 0 radical (unpaired) electrons. The van der Waals surface area contributed by atoms with E-state index in [-0.39, 0.29) is 24.5 Å². The summed E-state index contributed by atoms with van der Waals surface area (Å²) in [7, 11) is 0. The smallest absolute Gasteiger partial charge is 0.453 e. The number of rotatable bonds is 6. The van der Waals surface area contributed by atoms with E-state index < -0.39 is 11.9 Å². The van der Waals surface area contributed by atoms with E-state index in [0.29, 0.717) is 13.1 Å². The van der Waals surface area contributed by atoms with Crippen molar-refractivity contribution in [2.24, 2.45) is 0 Å². The Bertz CT molecular complexity index is 999. The van der Waals surface area contributed by atoms with Crippen LogP contribution in [-0.2, 0) is 9.63 Å². The normalized spacial score (nSPS) is 17.3. The lowest BCUT2D eigenvalue weighted by Gasteiger charge is -2.32. The SMILES string of the molecule is CC(C)Oc1ccc(-c2csc(C3CCN(C(=O)CN4C=C(C(F)(F)F)ON4)CC3)n2)cc1. The van der Waals surface area contributed by atoms with Gasteiger partial charge in [-0.15, -0.1) is 11.3 Å². The van der Waals surface area contributed by atoms with Crippen LogP contribution in [0.25, 0.3) is 11.3 Å². The highest BCUT2D eigenvalue weighted by Crippen LogP contribution is 2.34. The number of likely N-dealkylation sites (tertiary alicyclic amines) is 1. The summed E-state index contributed by atoms with van der Waals surface area (Å²) in [5.41, 5.74) is 4.04. The summed E-state index contributed by atoms with van der Waals surface area (Å²) in [6.45, 7) is 4.80. The van der Waals surface area contributed by atoms with Gasteiger partial charge in [-0.2, -0.15) is 13.2 Å². The average molecular weight is 483 g/mol. The van der Waals surface area contributed by atoms with Gasteiger partial charge in [-0.3, -0.25) is 9.80 Å². The predicted molar refractivity (Wildman–Crippen MR) is 117 cm³/mol. The van der Waals surface area contributed by atoms with Gasteiger partial charge >= 0.3 is 6.18 Å². The Morgan fingerprint density at radius 3 is 2.58 bits per heavy atom. The van der Waals surface area contributed by atoms with Crippen molar-refractivity contribution in [1.82, 2.24) is 20.5 Å². The van der Waals surface area contributed by atoms with E-state index in [1.165, 1.54) is 0 Å². The Hall–Kier alpha value is -2.79. The third-order valence-electron chi connectivity index (χ3n) is 5.37. The van der Waals surface area contributed by atoms with E-state index >= 15 is 0 Å². The highest BCUT2D eigenvalue weighted by molar-refractivity contribution is 7.10. The molecule has 0 unspecified atom stereocenters. The molecule has 1 aromatic carbocycles. The molecule has 1 aromatic heterocycles. The van der Waals surface area contributed by atoms with Gasteiger partial charge in [0.15, 0.2) is 0 Å². The molecular weight excluding hydrogens is 457 g/mol. The topological polar surface area (TPSA) is 66.9 Å². The maximum Gasteiger partial charge on any atom is 0.453 e. The number of aromatic nitrogens is 1. The van der Waals surface area contributed by atoms with Crippen molar-refractivity contribution < 1.29 is 27.5 Å². The highest BCUT2D eigenvalue weighted by Gasteiger charge is 2.40. The molecule has 2 aliphatic heterocycles. The number of hydrazine groups is 1. The number of ether oxygens (including phenoxy) is 1. The van der Waals surface area contributed by atoms with E-state index in [0.717, 1.165) is 46.1 Å². The number of piperidine rings is 1. The van der Waals surface area contributed by atoms with Gasteiger partial charge in [0.05, 0.1) is 23.0 Å². The van der Waals surface area contributed by atoms with Crippen molar-refractivity contribution >= 4 is 17.2 Å². The summed E-state index contributed by atoms with van der Waals surface area (Å²) in [5.74, 6) is -0.355. The Morgan fingerprint density at radius 1 is 1.27 bits per heavy atom. The lowest BCUT2D eigenvalue weighted by Crippen LogP contribution is -2.44. The Balaban J connectivity index is 1.29. The summed E-state index contributed by atoms with van der Waals surface area (Å²) >= 11 is 1.61. The summed E-state index contributed by atoms with van der Waals surface area (Å²) in [6.07, 6.45) is -2.21. The number of carbonyl (C=O) groups excluding carboxylic acids is 1. The van der Waals surface area contributed by atoms with Crippen molar-refractivity contribution in [3.05, 3.63) is 46.6 Å². The number of allylic oxidation sites excluding steroid dienone is 1. The Kier molecular flexibility index (Phi) is 6.80. The third-order valence-corrected chi connectivity index (χ3v) is 6.38. The molecular formula is C22H25F3N4O3S. The van der Waals surface area contributed by atoms with Crippen LogP contribution in [0.15, 0.2) is 41.6 Å². The van der Waals surface area contributed by atoms with Crippen LogP contribution in [0.4, 0.5) is 13.2 Å². The van der Waals surface area contributed by atoms with Gasteiger partial charge in [0.25, 0.3) is 0 Å². The number of thiazole rings is 1. The number of hydrogen-bond donors (Lipinski definition) is 1. The summed E-state index contributed by atoms with van der Waals surface area (Å²) in [5, 5.41) is 4.07. The minimum atomic E-state index is -4.60. The maximum absolute atomic E-state index is 12.6. The zero-order valence-electron chi connectivity index (χ0n) is 18.3. The highest BCUT2D eigenvalue weighted by atomic mass is 32.1. The molecule has 0 spiro atoms. The zero-order valence-corrected chi connectivity index (χ0v) is 19.1. The molecule has 0 saturated carbocycles. The van der Waals surface area contributed by atoms with Crippen molar-refractivity contribution in [2.75, 3.05) is 19.6 Å². The third kappa shape index (κ3) is 5.77. The lowest BCUT2D eigenvalue weighted by molar-refractivity contribution is -0.146. The molecule has 7 nitrogen and oxygen atoms in total. The van der Waals surface area contributed by atoms with Gasteiger partial charge in [-0.05, 0) is 51.0 Å². The molecule has 1 fully saturated rings. The first kappa shape index (κ1) is 23.4. The van der Waals surface area contributed by atoms with E-state index in [1.807, 2.05) is 43.5 Å². The van der Waals surface area contributed by atoms with Crippen LogP contribution in [0, 0.1) is 0 Å². The first-order valence-electron chi connectivity index (χ1n) is 10.7. The van der Waals surface area contributed by atoms with Crippen molar-refractivity contribution in [1.29, 1.82) is 0 Å². The van der Waals surface area contributed by atoms with E-state index in [9.17, 15) is 18.0 Å². The van der Waals surface area contributed by atoms with Crippen LogP contribution in [0.3, 0.4) is 0 Å². The summed E-state index contributed by atoms with van der Waals surface area (Å²) in [4.78, 5) is 23.3. The number of carbonyl (C=O) groups is 1. The molecule has 0 atom stereocenters. The number of hydrogen-bond acceptors (Lipinski definition) is 7. The minimum Gasteiger partial charge on any atom is -0.491 e. The van der Waals surface area contributed by atoms with E-state index in [1.54, 1.807) is 16.2 Å². The standard InChI is InChI=1S/C22H25F3N4O3S/c1-14(2)31-17-5-3-15(4-6-17)18-13-33-21(26-18)16-7-9-28(10-8-16)20(30)12-29-11-19(32-27-29)22(23,24)25/h3-6,11,13-14,16,27H,7-10,12H2,1-2H3. The molecule has 0 aliphatic carbocycles. The molecule has 4 rings (SSSR count). The van der Waals surface area contributed by atoms with Gasteiger partial charge in [0.2, 0.25) is 11.7 Å². The fourth-order valence-corrected chi connectivity index (χ4v) is 4.72. The second kappa shape index (κ2) is 9.60. The first-order chi connectivity index (χ1) is 15.7. The van der Waals surface area contributed by atoms with Gasteiger partial charge < -0.3 is 14.5 Å². The van der Waals surface area contributed by atoms with Crippen LogP contribution in [0.2, 0.25) is 0 Å². The monoisotopic (exact) mass is 482 g/mol. The molecule has 2 aromatic rings. The predicted octanol–water partition coefficient (Wildman–Crippen LogP) is 4.46. The fraction of sp³-hybridized carbons (Fsp3) is 0.455. The number of nitrogens with zero attached hydrogens (tertiary/aromatic N) is 3. The van der Waals surface area contributed by atoms with Gasteiger partial charge in [-0.1, -0.05) is 5.59 Å². The number of benzene rings is 1. The van der Waals surface area contributed by atoms with E-state index in [4.69, 9.17) is 9.72 Å². The average Bonchev–Trinajstić information content (AvgIpc) is 3.44. The molecule has 1 amide bonds. The van der Waals surface area contributed by atoms with Gasteiger partial charge in [0, 0.05) is 30.0 Å². The van der Waals surface area contributed by atoms with Crippen molar-refractivity contribution in [3.63, 3.8) is 0 Å².